The van der Waals surface area contributed by atoms with Crippen LogP contribution in [-0.2, 0) is 4.79 Å². The van der Waals surface area contributed by atoms with E-state index in [1.54, 1.807) is 24.3 Å². The van der Waals surface area contributed by atoms with Gasteiger partial charge in [0.2, 0.25) is 11.0 Å². The Kier molecular flexibility index (Phi) is 7.61. The Morgan fingerprint density at radius 2 is 1.69 bits per heavy atom. The third kappa shape index (κ3) is 6.21. The van der Waals surface area contributed by atoms with Gasteiger partial charge in [-0.25, -0.2) is 0 Å². The molecule has 2 N–H and O–H groups in total. The summed E-state index contributed by atoms with van der Waals surface area (Å²) in [6, 6.07) is 9.39. The molecule has 0 aliphatic heterocycles. The van der Waals surface area contributed by atoms with Crippen molar-refractivity contribution in [1.29, 1.82) is 0 Å². The van der Waals surface area contributed by atoms with E-state index >= 15 is 0 Å². The van der Waals surface area contributed by atoms with Gasteiger partial charge in [-0.05, 0) is 36.4 Å². The molecule has 0 aliphatic rings. The molecule has 1 heterocycles. The molecule has 0 radical (unpaired) electrons. The summed E-state index contributed by atoms with van der Waals surface area (Å²) in [5.41, 5.74) is 0.762. The highest BCUT2D eigenvalue weighted by Gasteiger charge is 2.15. The van der Waals surface area contributed by atoms with Crippen molar-refractivity contribution < 1.29 is 9.59 Å². The maximum absolute atomic E-state index is 12.3. The van der Waals surface area contributed by atoms with E-state index in [-0.39, 0.29) is 27.4 Å². The number of halogens is 4. The van der Waals surface area contributed by atoms with Crippen molar-refractivity contribution in [2.45, 2.75) is 4.34 Å². The molecule has 0 saturated carbocycles. The maximum atomic E-state index is 12.3. The molecule has 3 aromatic rings. The number of anilines is 2. The third-order valence-electron chi connectivity index (χ3n) is 3.33. The Hall–Kier alpha value is -1.55. The van der Waals surface area contributed by atoms with Crippen LogP contribution >= 0.6 is 69.5 Å². The van der Waals surface area contributed by atoms with Gasteiger partial charge in [0.25, 0.3) is 5.91 Å². The molecule has 0 aliphatic carbocycles. The monoisotopic (exact) mass is 506 g/mol. The summed E-state index contributed by atoms with van der Waals surface area (Å²) in [6.07, 6.45) is 0. The fraction of sp³-hybridized carbons (Fsp3) is 0.0588. The summed E-state index contributed by atoms with van der Waals surface area (Å²) in [6.45, 7) is 0. The highest BCUT2D eigenvalue weighted by Crippen LogP contribution is 2.28. The second kappa shape index (κ2) is 9.97. The summed E-state index contributed by atoms with van der Waals surface area (Å²) in [7, 11) is 0. The lowest BCUT2D eigenvalue weighted by Crippen LogP contribution is -2.13. The minimum absolute atomic E-state index is 0.100. The predicted molar refractivity (Wildman–Crippen MR) is 120 cm³/mol. The summed E-state index contributed by atoms with van der Waals surface area (Å²) >= 11 is 26.0. The third-order valence-corrected chi connectivity index (χ3v) is 6.61. The molecule has 12 heteroatoms. The van der Waals surface area contributed by atoms with Gasteiger partial charge in [-0.1, -0.05) is 69.5 Å². The van der Waals surface area contributed by atoms with Crippen LogP contribution in [0, 0.1) is 0 Å². The Labute approximate surface area is 193 Å². The summed E-state index contributed by atoms with van der Waals surface area (Å²) in [4.78, 5) is 24.4. The smallest absolute Gasteiger partial charge is 0.259 e. The van der Waals surface area contributed by atoms with Crippen LogP contribution in [0.2, 0.25) is 20.1 Å². The van der Waals surface area contributed by atoms with Crippen molar-refractivity contribution in [2.75, 3.05) is 16.4 Å². The first-order valence-corrected chi connectivity index (χ1v) is 11.1. The second-order valence-electron chi connectivity index (χ2n) is 5.42. The van der Waals surface area contributed by atoms with Crippen molar-refractivity contribution in [3.8, 4) is 0 Å². The summed E-state index contributed by atoms with van der Waals surface area (Å²) < 4.78 is 0.516. The van der Waals surface area contributed by atoms with Gasteiger partial charge in [-0.2, -0.15) is 0 Å². The number of carbonyl (C=O) groups excluding carboxylic acids is 2. The minimum Gasteiger partial charge on any atom is -0.325 e. The lowest BCUT2D eigenvalue weighted by Gasteiger charge is -2.05. The number of hydrogen-bond donors (Lipinski definition) is 2. The number of aromatic nitrogens is 2. The standard InChI is InChI=1S/C17H10Cl4N4O2S2/c18-8-1-3-11(19)10(5-8)15(27)23-16-24-25-17(29-16)28-7-14(26)22-9-2-4-12(20)13(21)6-9/h1-6H,7H2,(H,22,26)(H,23,24,27). The van der Waals surface area contributed by atoms with Crippen molar-refractivity contribution in [3.63, 3.8) is 0 Å². The van der Waals surface area contributed by atoms with Gasteiger partial charge >= 0.3 is 0 Å². The summed E-state index contributed by atoms with van der Waals surface area (Å²) in [5.74, 6) is -0.606. The minimum atomic E-state index is -0.456. The van der Waals surface area contributed by atoms with Crippen LogP contribution in [0.5, 0.6) is 0 Å². The molecule has 0 bridgehead atoms. The van der Waals surface area contributed by atoms with Crippen molar-refractivity contribution in [3.05, 3.63) is 62.1 Å². The zero-order chi connectivity index (χ0) is 21.0. The van der Waals surface area contributed by atoms with Crippen LogP contribution in [0.25, 0.3) is 0 Å². The molecule has 0 saturated heterocycles. The molecule has 150 valence electrons. The van der Waals surface area contributed by atoms with Gasteiger partial charge in [0.05, 0.1) is 26.4 Å². The average molecular weight is 508 g/mol. The highest BCUT2D eigenvalue weighted by molar-refractivity contribution is 8.01. The molecular weight excluding hydrogens is 498 g/mol. The average Bonchev–Trinajstić information content (AvgIpc) is 3.12. The second-order valence-corrected chi connectivity index (χ2v) is 9.28. The largest absolute Gasteiger partial charge is 0.325 e. The number of carbonyl (C=O) groups is 2. The van der Waals surface area contributed by atoms with E-state index in [1.165, 1.54) is 23.9 Å². The van der Waals surface area contributed by atoms with Gasteiger partial charge in [-0.3, -0.25) is 14.9 Å². The summed E-state index contributed by atoms with van der Waals surface area (Å²) in [5, 5.41) is 14.8. The number of nitrogens with one attached hydrogen (secondary N) is 2. The fourth-order valence-corrected chi connectivity index (χ4v) is 4.27. The molecule has 3 rings (SSSR count). The number of thioether (sulfide) groups is 1. The van der Waals surface area contributed by atoms with E-state index in [0.717, 1.165) is 11.3 Å². The van der Waals surface area contributed by atoms with Crippen molar-refractivity contribution >= 4 is 92.1 Å². The number of hydrogen-bond acceptors (Lipinski definition) is 6. The SMILES string of the molecule is O=C(CSc1nnc(NC(=O)c2cc(Cl)ccc2Cl)s1)Nc1ccc(Cl)c(Cl)c1. The quantitative estimate of drug-likeness (QED) is 0.309. The molecule has 0 fully saturated rings. The van der Waals surface area contributed by atoms with Crippen LogP contribution < -0.4 is 10.6 Å². The van der Waals surface area contributed by atoms with E-state index in [4.69, 9.17) is 46.4 Å². The van der Waals surface area contributed by atoms with Crippen LogP contribution in [0.3, 0.4) is 0 Å². The first kappa shape index (κ1) is 22.1. The molecule has 6 nitrogen and oxygen atoms in total. The van der Waals surface area contributed by atoms with E-state index in [1.807, 2.05) is 0 Å². The number of amides is 2. The van der Waals surface area contributed by atoms with Crippen molar-refractivity contribution in [1.82, 2.24) is 10.2 Å². The van der Waals surface area contributed by atoms with Crippen LogP contribution in [-0.4, -0.2) is 27.8 Å². The molecule has 0 unspecified atom stereocenters. The first-order chi connectivity index (χ1) is 13.8. The van der Waals surface area contributed by atoms with Gasteiger partial charge in [-0.15, -0.1) is 10.2 Å². The van der Waals surface area contributed by atoms with Gasteiger partial charge in [0.15, 0.2) is 4.34 Å². The van der Waals surface area contributed by atoms with Crippen LogP contribution in [0.1, 0.15) is 10.4 Å². The Morgan fingerprint density at radius 1 is 0.931 bits per heavy atom. The molecule has 29 heavy (non-hydrogen) atoms. The van der Waals surface area contributed by atoms with Gasteiger partial charge in [0, 0.05) is 10.7 Å². The molecule has 2 aromatic carbocycles. The Balaban J connectivity index is 1.54. The topological polar surface area (TPSA) is 84.0 Å². The normalized spacial score (nSPS) is 10.6. The molecular formula is C17H10Cl4N4O2S2. The maximum Gasteiger partial charge on any atom is 0.259 e. The molecule has 0 spiro atoms. The van der Waals surface area contributed by atoms with E-state index in [2.05, 4.69) is 20.8 Å². The fourth-order valence-electron chi connectivity index (χ4n) is 2.05. The van der Waals surface area contributed by atoms with Crippen LogP contribution in [0.15, 0.2) is 40.7 Å². The van der Waals surface area contributed by atoms with Crippen molar-refractivity contribution in [2.24, 2.45) is 0 Å². The number of rotatable bonds is 6. The molecule has 0 atom stereocenters. The lowest BCUT2D eigenvalue weighted by atomic mass is 10.2. The van der Waals surface area contributed by atoms with E-state index in [0.29, 0.717) is 25.1 Å². The zero-order valence-corrected chi connectivity index (χ0v) is 18.9. The molecule has 1 aromatic heterocycles. The predicted octanol–water partition coefficient (Wildman–Crippen LogP) is 6.13. The van der Waals surface area contributed by atoms with E-state index in [9.17, 15) is 9.59 Å². The Morgan fingerprint density at radius 3 is 2.45 bits per heavy atom. The number of nitrogens with zero attached hydrogens (tertiary/aromatic N) is 2. The van der Waals surface area contributed by atoms with E-state index < -0.39 is 5.91 Å². The molecule has 2 amide bonds. The lowest BCUT2D eigenvalue weighted by molar-refractivity contribution is -0.113. The van der Waals surface area contributed by atoms with Gasteiger partial charge < -0.3 is 5.32 Å². The van der Waals surface area contributed by atoms with Gasteiger partial charge in [0.1, 0.15) is 0 Å². The zero-order valence-electron chi connectivity index (χ0n) is 14.2. The Bertz CT molecular complexity index is 1080. The van der Waals surface area contributed by atoms with Crippen LogP contribution in [0.4, 0.5) is 10.8 Å². The number of benzene rings is 2. The first-order valence-electron chi connectivity index (χ1n) is 7.79. The highest BCUT2D eigenvalue weighted by atomic mass is 35.5.